The SMILES string of the molecule is [Au+].[Au+].[Au+].[Au+].[C-]#Cc1ccc2c(c1)-c1cc(C#[C-])ccc1[Si]2(c1ccccc1)c1ccccc1.[C-]#Cc1ccc2c(c1)-c1cc(C#[C-])ccc1[Si]2(c1ccccc1)c1ccccc1.c1ccc([PH+](CCCC[PH+](c2ccccc2)c2ccccc2)c2ccccc2)cc1.c1ccc([PH+](CCCC[PH+](c2ccccc2)c2ccccc2)c2ccccc2)cc1. The third-order valence-electron chi connectivity index (χ3n) is 22.9. The summed E-state index contributed by atoms with van der Waals surface area (Å²) in [7, 11) is -7.81. The summed E-state index contributed by atoms with van der Waals surface area (Å²) in [5, 5.41) is 22.9. The molecule has 16 aromatic rings. The first-order valence-electron chi connectivity index (χ1n) is 40.8. The van der Waals surface area contributed by atoms with Crippen LogP contribution in [0, 0.1) is 49.4 Å². The molecule has 0 atom stereocenters. The molecule has 0 fully saturated rings. The largest absolute Gasteiger partial charge is 1.00 e. The van der Waals surface area contributed by atoms with Crippen LogP contribution in [0.1, 0.15) is 47.9 Å². The standard InChI is InChI=1S/2C28H28P2.2C28H16Si.4Au/c2*1-5-15-25(16-6-1)29(26-17-7-2-8-18-26)23-13-14-24-30(27-19-9-3-10-20-27)28-21-11-4-12-22-28;2*1-3-21-15-17-27-25(19-21)26-20-22(4-2)16-18-28(26)29(27,23-11-7-5-8-12-23)24-13-9-6-10-14-24;;;;/h2*1-12,15-22H,13-14,23-24H2;2*5-20H;;;;/q;;2*-2;4*+1/p+4. The van der Waals surface area contributed by atoms with Gasteiger partial charge in [-0.05, 0) is 186 Å². The second-order valence-electron chi connectivity index (χ2n) is 29.8. The topological polar surface area (TPSA) is 0 Å². The van der Waals surface area contributed by atoms with Gasteiger partial charge in [-0.2, -0.15) is 0 Å². The Kier molecular flexibility index (Phi) is 36.1. The van der Waals surface area contributed by atoms with Gasteiger partial charge in [0.05, 0.1) is 98.8 Å². The van der Waals surface area contributed by atoms with Crippen LogP contribution in [0.3, 0.4) is 0 Å². The summed E-state index contributed by atoms with van der Waals surface area (Å²) in [5.74, 6) is 10.1. The van der Waals surface area contributed by atoms with Crippen molar-refractivity contribution in [2.45, 2.75) is 25.7 Å². The molecule has 2 heterocycles. The Morgan fingerprint density at radius 2 is 0.320 bits per heavy atom. The second-order valence-corrected chi connectivity index (χ2v) is 47.7. The zero-order chi connectivity index (χ0) is 80.6. The molecule has 0 saturated heterocycles. The number of unbranched alkanes of at least 4 members (excludes halogenated alkanes) is 2. The molecule has 0 nitrogen and oxygen atoms in total. The third-order valence-corrected chi connectivity index (χ3v) is 44.3. The average Bonchev–Trinajstić information content (AvgIpc) is 1.54. The maximum Gasteiger partial charge on any atom is 1.00 e. The van der Waals surface area contributed by atoms with E-state index in [9.17, 15) is 0 Å². The average molecular weight is 2410 g/mol. The second kappa shape index (κ2) is 47.1. The van der Waals surface area contributed by atoms with Crippen LogP contribution in [-0.2, 0) is 89.5 Å². The first kappa shape index (κ1) is 93.6. The van der Waals surface area contributed by atoms with Crippen molar-refractivity contribution in [3.05, 3.63) is 485 Å². The van der Waals surface area contributed by atoms with E-state index in [0.717, 1.165) is 44.5 Å². The predicted molar refractivity (Wildman–Crippen MR) is 523 cm³/mol. The van der Waals surface area contributed by atoms with Gasteiger partial charge in [-0.3, -0.25) is 23.7 Å². The number of rotatable bonds is 22. The minimum atomic E-state index is -2.48. The summed E-state index contributed by atoms with van der Waals surface area (Å²) >= 11 is 0. The molecule has 0 radical (unpaired) electrons. The zero-order valence-electron chi connectivity index (χ0n) is 67.4. The molecule has 0 aliphatic carbocycles. The van der Waals surface area contributed by atoms with E-state index in [1.165, 1.54) is 134 Å². The van der Waals surface area contributed by atoms with E-state index in [2.05, 4.69) is 436 Å². The van der Waals surface area contributed by atoms with E-state index in [1.54, 1.807) is 0 Å². The molecule has 0 spiro atoms. The van der Waals surface area contributed by atoms with Gasteiger partial charge in [0.15, 0.2) is 16.1 Å². The van der Waals surface area contributed by atoms with Crippen LogP contribution in [0.5, 0.6) is 0 Å². The Labute approximate surface area is 793 Å². The van der Waals surface area contributed by atoms with Gasteiger partial charge in [-0.25, -0.2) is 0 Å². The quantitative estimate of drug-likeness (QED) is 0.0209. The molecule has 0 amide bonds. The van der Waals surface area contributed by atoms with E-state index in [-0.39, 0.29) is 89.5 Å². The monoisotopic (exact) mass is 2400 g/mol. The van der Waals surface area contributed by atoms with Crippen LogP contribution < -0.4 is 83.9 Å². The molecule has 16 aromatic carbocycles. The van der Waals surface area contributed by atoms with E-state index in [0.29, 0.717) is 0 Å². The van der Waals surface area contributed by atoms with Gasteiger partial charge in [0, 0.05) is 0 Å². The summed E-state index contributed by atoms with van der Waals surface area (Å²) in [6, 6.07) is 157. The molecule has 0 aromatic heterocycles. The Balaban J connectivity index is 0.000000157. The fourth-order valence-electron chi connectivity index (χ4n) is 17.5. The molecule has 0 bridgehead atoms. The fraction of sp³-hybridized carbons (Fsp3) is 0.0714. The maximum atomic E-state index is 7.61. The molecule has 122 heavy (non-hydrogen) atoms. The van der Waals surface area contributed by atoms with Gasteiger partial charge >= 0.3 is 89.5 Å². The minimum absolute atomic E-state index is 0. The van der Waals surface area contributed by atoms with Crippen molar-refractivity contribution in [2.24, 2.45) is 0 Å². The first-order chi connectivity index (χ1) is 58.4. The van der Waals surface area contributed by atoms with E-state index < -0.39 is 47.8 Å². The molecule has 10 heteroatoms. The predicted octanol–water partition coefficient (Wildman–Crippen LogP) is 16.8. The van der Waals surface area contributed by atoms with Crippen LogP contribution in [0.25, 0.3) is 22.3 Å². The third kappa shape index (κ3) is 21.6. The minimum Gasteiger partial charge on any atom is -0.366 e. The Morgan fingerprint density at radius 1 is 0.180 bits per heavy atom. The van der Waals surface area contributed by atoms with Gasteiger partial charge in [0.2, 0.25) is 0 Å². The van der Waals surface area contributed by atoms with Crippen molar-refractivity contribution in [3.63, 3.8) is 0 Å². The molecular weight excluding hydrogens is 2310 g/mol. The van der Waals surface area contributed by atoms with Crippen LogP contribution in [0.15, 0.2) is 437 Å². The smallest absolute Gasteiger partial charge is 0.366 e. The normalized spacial score (nSPS) is 11.7. The molecule has 0 N–H and O–H groups in total. The van der Waals surface area contributed by atoms with Crippen molar-refractivity contribution in [2.75, 3.05) is 24.6 Å². The number of fused-ring (bicyclic) bond motifs is 6. The summed E-state index contributed by atoms with van der Waals surface area (Å²) in [4.78, 5) is 0. The Morgan fingerprint density at radius 3 is 0.459 bits per heavy atom. The Bertz CT molecular complexity index is 5200. The summed E-state index contributed by atoms with van der Waals surface area (Å²) in [5.41, 5.74) is 7.66. The number of hydrogen-bond acceptors (Lipinski definition) is 0. The molecule has 0 saturated carbocycles. The summed E-state index contributed by atoms with van der Waals surface area (Å²) < 4.78 is 0. The van der Waals surface area contributed by atoms with Crippen LogP contribution >= 0.6 is 31.7 Å². The molecule has 0 unspecified atom stereocenters. The van der Waals surface area contributed by atoms with Gasteiger partial charge in [-0.15, -0.1) is 70.8 Å². The fourth-order valence-corrected chi connectivity index (χ4v) is 38.5. The van der Waals surface area contributed by atoms with Crippen molar-refractivity contribution in [1.29, 1.82) is 0 Å². The maximum absolute atomic E-state index is 7.61. The van der Waals surface area contributed by atoms with Gasteiger partial charge < -0.3 is 25.7 Å². The molecule has 608 valence electrons. The van der Waals surface area contributed by atoms with Crippen LogP contribution in [-0.4, -0.2) is 40.8 Å². The Hall–Kier alpha value is -9.13. The van der Waals surface area contributed by atoms with Crippen LogP contribution in [0.2, 0.25) is 0 Å². The zero-order valence-corrected chi connectivity index (χ0v) is 82.1. The van der Waals surface area contributed by atoms with E-state index in [4.69, 9.17) is 25.7 Å². The van der Waals surface area contributed by atoms with Crippen molar-refractivity contribution in [1.82, 2.24) is 0 Å². The van der Waals surface area contributed by atoms with E-state index >= 15 is 0 Å². The van der Waals surface area contributed by atoms with Crippen molar-refractivity contribution in [3.8, 4) is 45.9 Å². The molecule has 2 aliphatic heterocycles. The van der Waals surface area contributed by atoms with E-state index in [1.807, 2.05) is 24.3 Å². The summed E-state index contributed by atoms with van der Waals surface area (Å²) in [6.07, 6.45) is 40.9. The molecule has 18 rings (SSSR count). The van der Waals surface area contributed by atoms with Crippen molar-refractivity contribution < 1.29 is 89.5 Å². The molecular formula is C112H92Au4P4Si2+4. The number of benzene rings is 16. The van der Waals surface area contributed by atoms with Gasteiger partial charge in [-0.1, -0.05) is 291 Å². The number of hydrogen-bond donors (Lipinski definition) is 0. The van der Waals surface area contributed by atoms with Gasteiger partial charge in [0.25, 0.3) is 0 Å². The van der Waals surface area contributed by atoms with Crippen LogP contribution in [0.4, 0.5) is 0 Å². The first-order valence-corrected chi connectivity index (χ1v) is 51.6. The molecule has 2 aliphatic rings. The summed E-state index contributed by atoms with van der Waals surface area (Å²) in [6.45, 7) is 0. The van der Waals surface area contributed by atoms with Gasteiger partial charge in [0.1, 0.15) is 0 Å². The van der Waals surface area contributed by atoms with Crippen molar-refractivity contribution >= 4 is 132 Å².